The molecule has 1 saturated carbocycles. The fraction of sp³-hybridized carbons (Fsp3) is 0.625. The molecule has 0 radical (unpaired) electrons. The molecule has 3 N–H and O–H groups in total. The Kier molecular flexibility index (Phi) is 3.99. The van der Waals surface area contributed by atoms with Crippen LogP contribution in [0.25, 0.3) is 0 Å². The van der Waals surface area contributed by atoms with Crippen LogP contribution in [0.1, 0.15) is 49.8 Å². The number of amidine groups is 1. The van der Waals surface area contributed by atoms with Gasteiger partial charge in [0, 0.05) is 23.8 Å². The smallest absolute Gasteiger partial charge is 0.170 e. The number of aromatic nitrogens is 1. The Hall–Kier alpha value is -1.78. The van der Waals surface area contributed by atoms with Crippen LogP contribution >= 0.6 is 0 Å². The molecule has 2 aliphatic rings. The van der Waals surface area contributed by atoms with Crippen LogP contribution in [0.3, 0.4) is 0 Å². The van der Waals surface area contributed by atoms with Crippen LogP contribution in [-0.4, -0.2) is 28.6 Å². The number of hydrogen-bond acceptors (Lipinski definition) is 4. The van der Waals surface area contributed by atoms with E-state index in [4.69, 9.17) is 15.9 Å². The fourth-order valence-corrected chi connectivity index (χ4v) is 3.91. The lowest BCUT2D eigenvalue weighted by Gasteiger charge is -2.45. The van der Waals surface area contributed by atoms with Crippen LogP contribution in [0.5, 0.6) is 0 Å². The average molecular weight is 288 g/mol. The minimum Gasteiger partial charge on any atom is -0.409 e. The Morgan fingerprint density at radius 2 is 2.05 bits per heavy atom. The van der Waals surface area contributed by atoms with Gasteiger partial charge in [0.15, 0.2) is 5.84 Å². The first kappa shape index (κ1) is 14.2. The molecular weight excluding hydrogens is 264 g/mol. The average Bonchev–Trinajstić information content (AvgIpc) is 2.53. The summed E-state index contributed by atoms with van der Waals surface area (Å²) in [6.45, 7) is 3.02. The van der Waals surface area contributed by atoms with Gasteiger partial charge in [0.05, 0.1) is 0 Å². The third-order valence-corrected chi connectivity index (χ3v) is 4.88. The number of hydrogen-bond donors (Lipinski definition) is 2. The molecule has 0 aromatic carbocycles. The van der Waals surface area contributed by atoms with Crippen molar-refractivity contribution < 1.29 is 5.21 Å². The lowest BCUT2D eigenvalue weighted by Crippen LogP contribution is -2.47. The van der Waals surface area contributed by atoms with Gasteiger partial charge in [-0.05, 0) is 50.7 Å². The molecule has 2 heterocycles. The summed E-state index contributed by atoms with van der Waals surface area (Å²) in [6.07, 6.45) is 7.87. The zero-order valence-corrected chi connectivity index (χ0v) is 12.6. The Balaban J connectivity index is 1.93. The molecule has 0 amide bonds. The fourth-order valence-electron chi connectivity index (χ4n) is 3.91. The van der Waals surface area contributed by atoms with Crippen LogP contribution in [0, 0.1) is 12.8 Å². The highest BCUT2D eigenvalue weighted by molar-refractivity contribution is 5.97. The lowest BCUT2D eigenvalue weighted by atomic mass is 9.78. The van der Waals surface area contributed by atoms with Crippen molar-refractivity contribution in [1.29, 1.82) is 0 Å². The first-order valence-corrected chi connectivity index (χ1v) is 7.92. The maximum absolute atomic E-state index is 8.90. The zero-order chi connectivity index (χ0) is 14.8. The van der Waals surface area contributed by atoms with Crippen molar-refractivity contribution in [2.45, 2.75) is 51.5 Å². The molecule has 21 heavy (non-hydrogen) atoms. The van der Waals surface area contributed by atoms with Gasteiger partial charge in [0.1, 0.15) is 5.82 Å². The molecule has 1 aromatic heterocycles. The van der Waals surface area contributed by atoms with Crippen LogP contribution < -0.4 is 10.6 Å². The van der Waals surface area contributed by atoms with Gasteiger partial charge in [0.2, 0.25) is 0 Å². The quantitative estimate of drug-likeness (QED) is 0.380. The SMILES string of the molecule is Cc1cc(/C(N)=N/O)cc(N2CCCC3CCCCC32)n1. The van der Waals surface area contributed by atoms with Crippen LogP contribution in [0.15, 0.2) is 17.3 Å². The second-order valence-electron chi connectivity index (χ2n) is 6.29. The maximum Gasteiger partial charge on any atom is 0.170 e. The summed E-state index contributed by atoms with van der Waals surface area (Å²) in [5.74, 6) is 1.94. The number of aryl methyl sites for hydroxylation is 1. The van der Waals surface area contributed by atoms with Gasteiger partial charge < -0.3 is 15.8 Å². The molecule has 2 fully saturated rings. The van der Waals surface area contributed by atoms with Crippen LogP contribution in [-0.2, 0) is 0 Å². The highest BCUT2D eigenvalue weighted by atomic mass is 16.4. The number of piperidine rings is 1. The van der Waals surface area contributed by atoms with Gasteiger partial charge in [-0.25, -0.2) is 4.98 Å². The third kappa shape index (κ3) is 2.82. The van der Waals surface area contributed by atoms with E-state index in [0.29, 0.717) is 6.04 Å². The van der Waals surface area contributed by atoms with E-state index >= 15 is 0 Å². The molecule has 1 saturated heterocycles. The van der Waals surface area contributed by atoms with Gasteiger partial charge in [0.25, 0.3) is 0 Å². The first-order chi connectivity index (χ1) is 10.2. The van der Waals surface area contributed by atoms with E-state index < -0.39 is 0 Å². The molecule has 3 rings (SSSR count). The van der Waals surface area contributed by atoms with Crippen molar-refractivity contribution in [1.82, 2.24) is 4.98 Å². The van der Waals surface area contributed by atoms with E-state index in [-0.39, 0.29) is 5.84 Å². The zero-order valence-electron chi connectivity index (χ0n) is 12.6. The molecule has 114 valence electrons. The molecule has 0 bridgehead atoms. The Morgan fingerprint density at radius 3 is 2.86 bits per heavy atom. The highest BCUT2D eigenvalue weighted by Gasteiger charge is 2.34. The minimum atomic E-state index is 0.152. The van der Waals surface area contributed by atoms with Gasteiger partial charge in [-0.15, -0.1) is 0 Å². The topological polar surface area (TPSA) is 74.7 Å². The molecule has 1 aromatic rings. The summed E-state index contributed by atoms with van der Waals surface area (Å²) < 4.78 is 0. The predicted molar refractivity (Wildman–Crippen MR) is 83.8 cm³/mol. The van der Waals surface area contributed by atoms with E-state index in [9.17, 15) is 0 Å². The Labute approximate surface area is 125 Å². The van der Waals surface area contributed by atoms with E-state index in [1.54, 1.807) is 0 Å². The van der Waals surface area contributed by atoms with Gasteiger partial charge in [-0.3, -0.25) is 0 Å². The number of rotatable bonds is 2. The van der Waals surface area contributed by atoms with Crippen LogP contribution in [0.2, 0.25) is 0 Å². The van der Waals surface area contributed by atoms with Crippen molar-refractivity contribution >= 4 is 11.7 Å². The number of oxime groups is 1. The molecule has 2 atom stereocenters. The second-order valence-corrected chi connectivity index (χ2v) is 6.29. The van der Waals surface area contributed by atoms with Gasteiger partial charge >= 0.3 is 0 Å². The summed E-state index contributed by atoms with van der Waals surface area (Å²) in [4.78, 5) is 7.15. The van der Waals surface area contributed by atoms with Crippen molar-refractivity contribution in [2.75, 3.05) is 11.4 Å². The molecule has 0 spiro atoms. The van der Waals surface area contributed by atoms with Crippen molar-refractivity contribution in [3.05, 3.63) is 23.4 Å². The normalized spacial score (nSPS) is 26.5. The van der Waals surface area contributed by atoms with Crippen molar-refractivity contribution in [2.24, 2.45) is 16.8 Å². The summed E-state index contributed by atoms with van der Waals surface area (Å²) in [7, 11) is 0. The van der Waals surface area contributed by atoms with Crippen LogP contribution in [0.4, 0.5) is 5.82 Å². The van der Waals surface area contributed by atoms with Crippen molar-refractivity contribution in [3.8, 4) is 0 Å². The molecule has 2 unspecified atom stereocenters. The lowest BCUT2D eigenvalue weighted by molar-refractivity contribution is 0.242. The van der Waals surface area contributed by atoms with Crippen molar-refractivity contribution in [3.63, 3.8) is 0 Å². The number of nitrogens with zero attached hydrogens (tertiary/aromatic N) is 3. The highest BCUT2D eigenvalue weighted by Crippen LogP contribution is 2.37. The van der Waals surface area contributed by atoms with Gasteiger partial charge in [-0.1, -0.05) is 18.0 Å². The predicted octanol–water partition coefficient (Wildman–Crippen LogP) is 2.64. The van der Waals surface area contributed by atoms with E-state index in [1.165, 1.54) is 38.5 Å². The Morgan fingerprint density at radius 1 is 1.29 bits per heavy atom. The van der Waals surface area contributed by atoms with E-state index in [2.05, 4.69) is 10.1 Å². The Bertz CT molecular complexity index is 541. The largest absolute Gasteiger partial charge is 0.409 e. The number of fused-ring (bicyclic) bond motifs is 1. The standard InChI is InChI=1S/C16H24N4O/c1-11-9-13(16(17)19-21)10-15(18-11)20-8-4-6-12-5-2-3-7-14(12)20/h9-10,12,14,21H,2-8H2,1H3,(H2,17,19). The van der Waals surface area contributed by atoms with Gasteiger partial charge in [-0.2, -0.15) is 0 Å². The summed E-state index contributed by atoms with van der Waals surface area (Å²) in [5, 5.41) is 12.0. The number of anilines is 1. The molecular formula is C16H24N4O. The summed E-state index contributed by atoms with van der Waals surface area (Å²) in [6, 6.07) is 4.43. The van der Waals surface area contributed by atoms with E-state index in [0.717, 1.165) is 29.5 Å². The molecule has 1 aliphatic carbocycles. The first-order valence-electron chi connectivity index (χ1n) is 7.92. The summed E-state index contributed by atoms with van der Waals surface area (Å²) >= 11 is 0. The molecule has 5 nitrogen and oxygen atoms in total. The molecule has 1 aliphatic heterocycles. The number of nitrogens with two attached hydrogens (primary N) is 1. The summed E-state index contributed by atoms with van der Waals surface area (Å²) in [5.41, 5.74) is 7.40. The maximum atomic E-state index is 8.90. The second kappa shape index (κ2) is 5.92. The van der Waals surface area contributed by atoms with E-state index in [1.807, 2.05) is 19.1 Å². The monoisotopic (exact) mass is 288 g/mol. The minimum absolute atomic E-state index is 0.152. The third-order valence-electron chi connectivity index (χ3n) is 4.88. The molecule has 5 heteroatoms. The number of pyridine rings is 1.